The number of likely N-dealkylation sites (N-methyl/N-ethyl adjacent to an activating group) is 1. The van der Waals surface area contributed by atoms with Crippen molar-refractivity contribution < 1.29 is 13.9 Å². The number of nitrogens with zero attached hydrogens (tertiary/aromatic N) is 2. The third kappa shape index (κ3) is 3.98. The van der Waals surface area contributed by atoms with E-state index in [0.717, 1.165) is 32.2 Å². The summed E-state index contributed by atoms with van der Waals surface area (Å²) in [6, 6.07) is 3.64. The molecule has 2 rings (SSSR count). The lowest BCUT2D eigenvalue weighted by molar-refractivity contribution is 0.0768. The molecule has 0 saturated carbocycles. The van der Waals surface area contributed by atoms with Gasteiger partial charge in [0.05, 0.1) is 6.10 Å². The van der Waals surface area contributed by atoms with Crippen LogP contribution in [-0.2, 0) is 0 Å². The number of hydrogen-bond acceptors (Lipinski definition) is 3. The largest absolute Gasteiger partial charge is 0.388 e. The summed E-state index contributed by atoms with van der Waals surface area (Å²) < 4.78 is 26.2. The number of benzene rings is 1. The van der Waals surface area contributed by atoms with Crippen molar-refractivity contribution in [3.8, 4) is 0 Å². The molecule has 112 valence electrons. The van der Waals surface area contributed by atoms with Crippen molar-refractivity contribution in [1.29, 1.82) is 0 Å². The molecular weight excluding hydrogens is 262 g/mol. The van der Waals surface area contributed by atoms with Gasteiger partial charge in [-0.25, -0.2) is 8.78 Å². The lowest BCUT2D eigenvalue weighted by atomic mass is 10.1. The fourth-order valence-corrected chi connectivity index (χ4v) is 2.73. The third-order valence-corrected chi connectivity index (χ3v) is 3.93. The van der Waals surface area contributed by atoms with Crippen molar-refractivity contribution in [2.24, 2.45) is 0 Å². The van der Waals surface area contributed by atoms with Gasteiger partial charge in [-0.3, -0.25) is 4.90 Å². The molecule has 1 aromatic rings. The first-order valence-electron chi connectivity index (χ1n) is 7.02. The molecule has 1 N–H and O–H groups in total. The van der Waals surface area contributed by atoms with E-state index >= 15 is 0 Å². The summed E-state index contributed by atoms with van der Waals surface area (Å²) in [7, 11) is 2.10. The summed E-state index contributed by atoms with van der Waals surface area (Å²) in [5.41, 5.74) is 0.310. The summed E-state index contributed by atoms with van der Waals surface area (Å²) in [6.07, 6.45) is -0.344. The Labute approximate surface area is 118 Å². The first-order chi connectivity index (χ1) is 9.45. The van der Waals surface area contributed by atoms with Crippen LogP contribution in [0.2, 0.25) is 0 Å². The lowest BCUT2D eigenvalue weighted by Gasteiger charge is -2.38. The summed E-state index contributed by atoms with van der Waals surface area (Å²) in [5, 5.41) is 10.1. The second-order valence-electron chi connectivity index (χ2n) is 5.65. The highest BCUT2D eigenvalue weighted by molar-refractivity contribution is 5.20. The van der Waals surface area contributed by atoms with Crippen LogP contribution in [0, 0.1) is 11.6 Å². The molecule has 1 saturated heterocycles. The van der Waals surface area contributed by atoms with E-state index in [1.807, 2.05) is 0 Å². The normalized spacial score (nSPS) is 22.9. The second kappa shape index (κ2) is 6.61. The Kier molecular flexibility index (Phi) is 5.07. The van der Waals surface area contributed by atoms with E-state index in [-0.39, 0.29) is 0 Å². The molecule has 1 fully saturated rings. The van der Waals surface area contributed by atoms with Crippen LogP contribution in [0.4, 0.5) is 8.78 Å². The maximum atomic E-state index is 13.1. The average molecular weight is 284 g/mol. The molecule has 20 heavy (non-hydrogen) atoms. The summed E-state index contributed by atoms with van der Waals surface area (Å²) >= 11 is 0. The van der Waals surface area contributed by atoms with Crippen molar-refractivity contribution in [3.63, 3.8) is 0 Å². The first-order valence-corrected chi connectivity index (χ1v) is 7.02. The van der Waals surface area contributed by atoms with Gasteiger partial charge in [-0.15, -0.1) is 0 Å². The van der Waals surface area contributed by atoms with Crippen molar-refractivity contribution in [2.45, 2.75) is 25.5 Å². The monoisotopic (exact) mass is 284 g/mol. The van der Waals surface area contributed by atoms with Gasteiger partial charge in [0.2, 0.25) is 0 Å². The minimum absolute atomic E-state index is 0.310. The van der Waals surface area contributed by atoms with Crippen LogP contribution in [-0.4, -0.2) is 54.2 Å². The van der Waals surface area contributed by atoms with Crippen LogP contribution in [0.15, 0.2) is 18.2 Å². The van der Waals surface area contributed by atoms with E-state index in [1.54, 1.807) is 0 Å². The smallest absolute Gasteiger partial charge is 0.126 e. The Morgan fingerprint density at radius 3 is 2.50 bits per heavy atom. The quantitative estimate of drug-likeness (QED) is 0.916. The van der Waals surface area contributed by atoms with Crippen LogP contribution in [0.3, 0.4) is 0 Å². The van der Waals surface area contributed by atoms with Gasteiger partial charge < -0.3 is 10.0 Å². The first kappa shape index (κ1) is 15.4. The Bertz CT molecular complexity index is 435. The SMILES string of the molecule is CC1CN(C)CCN1CCC(O)c1cc(F)cc(F)c1. The van der Waals surface area contributed by atoms with Gasteiger partial charge in [0, 0.05) is 38.3 Å². The standard InChI is InChI=1S/C15H22F2N2O/c1-11-10-18(2)5-6-19(11)4-3-15(20)12-7-13(16)9-14(17)8-12/h7-9,11,15,20H,3-6,10H2,1-2H3. The predicted octanol–water partition coefficient (Wildman–Crippen LogP) is 2.02. The molecule has 3 nitrogen and oxygen atoms in total. The summed E-state index contributed by atoms with van der Waals surface area (Å²) in [6.45, 7) is 5.86. The maximum absolute atomic E-state index is 13.1. The predicted molar refractivity (Wildman–Crippen MR) is 74.5 cm³/mol. The maximum Gasteiger partial charge on any atom is 0.126 e. The van der Waals surface area contributed by atoms with E-state index in [2.05, 4.69) is 23.8 Å². The molecule has 0 aliphatic carbocycles. The van der Waals surface area contributed by atoms with Gasteiger partial charge in [-0.1, -0.05) is 0 Å². The number of aliphatic hydroxyl groups is 1. The Morgan fingerprint density at radius 1 is 1.25 bits per heavy atom. The summed E-state index contributed by atoms with van der Waals surface area (Å²) in [5.74, 6) is -1.29. The minimum atomic E-state index is -0.827. The number of hydrogen-bond donors (Lipinski definition) is 1. The zero-order valence-corrected chi connectivity index (χ0v) is 12.0. The molecule has 0 radical (unpaired) electrons. The molecule has 0 spiro atoms. The fraction of sp³-hybridized carbons (Fsp3) is 0.600. The Hall–Kier alpha value is -1.04. The fourth-order valence-electron chi connectivity index (χ4n) is 2.73. The van der Waals surface area contributed by atoms with Crippen LogP contribution >= 0.6 is 0 Å². The van der Waals surface area contributed by atoms with E-state index in [1.165, 1.54) is 12.1 Å². The molecule has 1 heterocycles. The van der Waals surface area contributed by atoms with Gasteiger partial charge in [0.25, 0.3) is 0 Å². The van der Waals surface area contributed by atoms with Gasteiger partial charge in [-0.2, -0.15) is 0 Å². The lowest BCUT2D eigenvalue weighted by Crippen LogP contribution is -2.50. The molecule has 1 aliphatic rings. The molecule has 2 atom stereocenters. The summed E-state index contributed by atoms with van der Waals surface area (Å²) in [4.78, 5) is 4.58. The highest BCUT2D eigenvalue weighted by atomic mass is 19.1. The highest BCUT2D eigenvalue weighted by Gasteiger charge is 2.22. The van der Waals surface area contributed by atoms with E-state index in [4.69, 9.17) is 0 Å². The van der Waals surface area contributed by atoms with Crippen LogP contribution in [0.5, 0.6) is 0 Å². The van der Waals surface area contributed by atoms with Gasteiger partial charge in [-0.05, 0) is 38.1 Å². The van der Waals surface area contributed by atoms with Crippen LogP contribution < -0.4 is 0 Å². The highest BCUT2D eigenvalue weighted by Crippen LogP contribution is 2.20. The molecule has 0 bridgehead atoms. The van der Waals surface area contributed by atoms with Crippen molar-refractivity contribution in [1.82, 2.24) is 9.80 Å². The second-order valence-corrected chi connectivity index (χ2v) is 5.65. The van der Waals surface area contributed by atoms with E-state index in [9.17, 15) is 13.9 Å². The van der Waals surface area contributed by atoms with Gasteiger partial charge in [0.15, 0.2) is 0 Å². The topological polar surface area (TPSA) is 26.7 Å². The molecule has 0 amide bonds. The molecule has 5 heteroatoms. The number of piperazine rings is 1. The number of rotatable bonds is 4. The van der Waals surface area contributed by atoms with E-state index in [0.29, 0.717) is 18.0 Å². The van der Waals surface area contributed by atoms with E-state index < -0.39 is 17.7 Å². The average Bonchev–Trinajstić information content (AvgIpc) is 2.36. The van der Waals surface area contributed by atoms with Crippen molar-refractivity contribution in [2.75, 3.05) is 33.2 Å². The number of halogens is 2. The third-order valence-electron chi connectivity index (χ3n) is 3.93. The molecular formula is C15H22F2N2O. The van der Waals surface area contributed by atoms with Crippen LogP contribution in [0.25, 0.3) is 0 Å². The zero-order chi connectivity index (χ0) is 14.7. The zero-order valence-electron chi connectivity index (χ0n) is 12.0. The Morgan fingerprint density at radius 2 is 1.90 bits per heavy atom. The van der Waals surface area contributed by atoms with Crippen LogP contribution in [0.1, 0.15) is 25.0 Å². The van der Waals surface area contributed by atoms with Crippen molar-refractivity contribution >= 4 is 0 Å². The van der Waals surface area contributed by atoms with Gasteiger partial charge >= 0.3 is 0 Å². The molecule has 1 aromatic carbocycles. The Balaban J connectivity index is 1.90. The minimum Gasteiger partial charge on any atom is -0.388 e. The molecule has 2 unspecified atom stereocenters. The van der Waals surface area contributed by atoms with Crippen molar-refractivity contribution in [3.05, 3.63) is 35.4 Å². The van der Waals surface area contributed by atoms with Gasteiger partial charge in [0.1, 0.15) is 11.6 Å². The molecule has 1 aliphatic heterocycles. The number of aliphatic hydroxyl groups excluding tert-OH is 1. The molecule has 0 aromatic heterocycles.